The van der Waals surface area contributed by atoms with Gasteiger partial charge in [-0.3, -0.25) is 0 Å². The standard InChI is InChI=1S/C45H27N3OS/c1-2-12-28(13-3-1)29-14-10-15-30(26-29)32-16-4-5-18-34(32)44-46-43(31-24-25-39-37(27-31)33-17-6-8-21-38(33)49-39)47-45(48-44)36-20-11-23-41-42(36)35-19-7-9-22-40(35)50-41/h1-27H. The molecular formula is C45H27N3OS. The van der Waals surface area contributed by atoms with Gasteiger partial charge in [0.2, 0.25) is 0 Å². The number of thiophene rings is 1. The van der Waals surface area contributed by atoms with Gasteiger partial charge >= 0.3 is 0 Å². The van der Waals surface area contributed by atoms with Crippen LogP contribution in [0, 0.1) is 0 Å². The van der Waals surface area contributed by atoms with E-state index in [1.165, 1.54) is 20.3 Å². The molecule has 0 fully saturated rings. The first-order chi connectivity index (χ1) is 24.8. The zero-order chi connectivity index (χ0) is 33.0. The van der Waals surface area contributed by atoms with E-state index in [2.05, 4.69) is 127 Å². The van der Waals surface area contributed by atoms with Crippen molar-refractivity contribution in [2.45, 2.75) is 0 Å². The summed E-state index contributed by atoms with van der Waals surface area (Å²) in [6.07, 6.45) is 0. The number of fused-ring (bicyclic) bond motifs is 6. The van der Waals surface area contributed by atoms with Crippen LogP contribution in [0.1, 0.15) is 0 Å². The maximum Gasteiger partial charge on any atom is 0.164 e. The minimum absolute atomic E-state index is 0.613. The van der Waals surface area contributed by atoms with Gasteiger partial charge in [-0.1, -0.05) is 121 Å². The number of hydrogen-bond donors (Lipinski definition) is 0. The molecule has 10 aromatic rings. The largest absolute Gasteiger partial charge is 0.456 e. The zero-order valence-corrected chi connectivity index (χ0v) is 27.6. The number of benzene rings is 7. The lowest BCUT2D eigenvalue weighted by Crippen LogP contribution is -2.01. The molecule has 0 aliphatic rings. The number of furan rings is 1. The highest BCUT2D eigenvalue weighted by atomic mass is 32.1. The monoisotopic (exact) mass is 657 g/mol. The molecule has 0 aliphatic heterocycles. The van der Waals surface area contributed by atoms with Gasteiger partial charge in [0, 0.05) is 47.6 Å². The Morgan fingerprint density at radius 3 is 1.88 bits per heavy atom. The van der Waals surface area contributed by atoms with Crippen LogP contribution in [0.3, 0.4) is 0 Å². The topological polar surface area (TPSA) is 51.8 Å². The summed E-state index contributed by atoms with van der Waals surface area (Å²) >= 11 is 1.79. The highest BCUT2D eigenvalue weighted by molar-refractivity contribution is 7.25. The molecule has 50 heavy (non-hydrogen) atoms. The van der Waals surface area contributed by atoms with Crippen molar-refractivity contribution in [3.8, 4) is 56.4 Å². The third-order valence-electron chi connectivity index (χ3n) is 9.36. The van der Waals surface area contributed by atoms with Crippen LogP contribution in [0.15, 0.2) is 168 Å². The Hall–Kier alpha value is -6.43. The Morgan fingerprint density at radius 2 is 0.980 bits per heavy atom. The molecule has 234 valence electrons. The molecule has 4 nitrogen and oxygen atoms in total. The Balaban J connectivity index is 1.21. The normalized spacial score (nSPS) is 11.6. The average Bonchev–Trinajstić information content (AvgIpc) is 3.76. The minimum Gasteiger partial charge on any atom is -0.456 e. The first kappa shape index (κ1) is 28.6. The third kappa shape index (κ3) is 4.79. The van der Waals surface area contributed by atoms with Gasteiger partial charge < -0.3 is 4.42 Å². The van der Waals surface area contributed by atoms with Crippen LogP contribution in [-0.4, -0.2) is 15.0 Å². The molecule has 3 aromatic heterocycles. The number of aromatic nitrogens is 3. The quantitative estimate of drug-likeness (QED) is 0.185. The molecule has 0 atom stereocenters. The summed E-state index contributed by atoms with van der Waals surface area (Å²) in [5, 5.41) is 4.47. The van der Waals surface area contributed by atoms with E-state index in [0.29, 0.717) is 17.5 Å². The van der Waals surface area contributed by atoms with Crippen LogP contribution in [0.25, 0.3) is 98.5 Å². The predicted octanol–water partition coefficient (Wildman–Crippen LogP) is 12.5. The van der Waals surface area contributed by atoms with Crippen molar-refractivity contribution < 1.29 is 4.42 Å². The van der Waals surface area contributed by atoms with Crippen molar-refractivity contribution in [3.05, 3.63) is 164 Å². The maximum atomic E-state index is 6.16. The van der Waals surface area contributed by atoms with E-state index in [4.69, 9.17) is 19.4 Å². The van der Waals surface area contributed by atoms with Crippen LogP contribution < -0.4 is 0 Å². The minimum atomic E-state index is 0.613. The summed E-state index contributed by atoms with van der Waals surface area (Å²) in [7, 11) is 0. The lowest BCUT2D eigenvalue weighted by Gasteiger charge is -2.13. The van der Waals surface area contributed by atoms with E-state index in [9.17, 15) is 0 Å². The van der Waals surface area contributed by atoms with E-state index in [0.717, 1.165) is 60.7 Å². The summed E-state index contributed by atoms with van der Waals surface area (Å²) < 4.78 is 8.61. The summed E-state index contributed by atoms with van der Waals surface area (Å²) in [6, 6.07) is 56.9. The van der Waals surface area contributed by atoms with Gasteiger partial charge in [0.1, 0.15) is 11.2 Å². The summed E-state index contributed by atoms with van der Waals surface area (Å²) in [5.41, 5.74) is 9.03. The van der Waals surface area contributed by atoms with Crippen LogP contribution in [-0.2, 0) is 0 Å². The van der Waals surface area contributed by atoms with Gasteiger partial charge in [-0.05, 0) is 64.7 Å². The van der Waals surface area contributed by atoms with Crippen molar-refractivity contribution in [1.29, 1.82) is 0 Å². The molecule has 0 saturated carbocycles. The van der Waals surface area contributed by atoms with Gasteiger partial charge in [0.25, 0.3) is 0 Å². The molecule has 0 bridgehead atoms. The second-order valence-corrected chi connectivity index (χ2v) is 13.5. The lowest BCUT2D eigenvalue weighted by molar-refractivity contribution is 0.669. The van der Waals surface area contributed by atoms with Crippen molar-refractivity contribution in [3.63, 3.8) is 0 Å². The highest BCUT2D eigenvalue weighted by Gasteiger charge is 2.19. The molecule has 3 heterocycles. The van der Waals surface area contributed by atoms with E-state index in [1.807, 2.05) is 36.4 Å². The van der Waals surface area contributed by atoms with E-state index >= 15 is 0 Å². The molecule has 5 heteroatoms. The predicted molar refractivity (Wildman–Crippen MR) is 207 cm³/mol. The maximum absolute atomic E-state index is 6.16. The fourth-order valence-corrected chi connectivity index (χ4v) is 8.13. The third-order valence-corrected chi connectivity index (χ3v) is 10.5. The first-order valence-electron chi connectivity index (χ1n) is 16.6. The van der Waals surface area contributed by atoms with Crippen LogP contribution in [0.5, 0.6) is 0 Å². The molecule has 0 amide bonds. The summed E-state index contributed by atoms with van der Waals surface area (Å²) in [6.45, 7) is 0. The average molecular weight is 658 g/mol. The van der Waals surface area contributed by atoms with Crippen molar-refractivity contribution in [2.75, 3.05) is 0 Å². The lowest BCUT2D eigenvalue weighted by atomic mass is 9.95. The summed E-state index contributed by atoms with van der Waals surface area (Å²) in [5.74, 6) is 1.88. The van der Waals surface area contributed by atoms with Crippen LogP contribution >= 0.6 is 11.3 Å². The zero-order valence-electron chi connectivity index (χ0n) is 26.7. The van der Waals surface area contributed by atoms with Crippen LogP contribution in [0.4, 0.5) is 0 Å². The highest BCUT2D eigenvalue weighted by Crippen LogP contribution is 2.41. The number of hydrogen-bond acceptors (Lipinski definition) is 5. The Bertz CT molecular complexity index is 2890. The molecule has 0 spiro atoms. The van der Waals surface area contributed by atoms with Crippen molar-refractivity contribution in [1.82, 2.24) is 15.0 Å². The molecule has 7 aromatic carbocycles. The summed E-state index contributed by atoms with van der Waals surface area (Å²) in [4.78, 5) is 15.7. The second-order valence-electron chi connectivity index (χ2n) is 12.4. The van der Waals surface area contributed by atoms with Gasteiger partial charge in [-0.2, -0.15) is 0 Å². The fourth-order valence-electron chi connectivity index (χ4n) is 7.00. The number of nitrogens with zero attached hydrogens (tertiary/aromatic N) is 3. The van der Waals surface area contributed by atoms with E-state index in [-0.39, 0.29) is 0 Å². The van der Waals surface area contributed by atoms with Gasteiger partial charge in [-0.15, -0.1) is 11.3 Å². The molecular weight excluding hydrogens is 631 g/mol. The van der Waals surface area contributed by atoms with Crippen molar-refractivity contribution >= 4 is 53.4 Å². The van der Waals surface area contributed by atoms with Gasteiger partial charge in [-0.25, -0.2) is 15.0 Å². The molecule has 0 saturated heterocycles. The Kier molecular flexibility index (Phi) is 6.64. The second kappa shape index (κ2) is 11.6. The smallest absolute Gasteiger partial charge is 0.164 e. The molecule has 0 N–H and O–H groups in total. The molecule has 0 unspecified atom stereocenters. The fraction of sp³-hybridized carbons (Fsp3) is 0. The van der Waals surface area contributed by atoms with Gasteiger partial charge in [0.05, 0.1) is 0 Å². The van der Waals surface area contributed by atoms with Crippen molar-refractivity contribution in [2.24, 2.45) is 0 Å². The molecule has 0 radical (unpaired) electrons. The molecule has 10 rings (SSSR count). The van der Waals surface area contributed by atoms with Crippen LogP contribution in [0.2, 0.25) is 0 Å². The SMILES string of the molecule is c1ccc(-c2cccc(-c3ccccc3-c3nc(-c4ccc5oc6ccccc6c5c4)nc(-c4cccc5sc6ccccc6c45)n3)c2)cc1. The van der Waals surface area contributed by atoms with E-state index in [1.54, 1.807) is 11.3 Å². The van der Waals surface area contributed by atoms with E-state index < -0.39 is 0 Å². The Labute approximate surface area is 292 Å². The number of rotatable bonds is 5. The van der Waals surface area contributed by atoms with Gasteiger partial charge in [0.15, 0.2) is 17.5 Å². The Morgan fingerprint density at radius 1 is 0.360 bits per heavy atom. The molecule has 0 aliphatic carbocycles. The number of para-hydroxylation sites is 1. The first-order valence-corrected chi connectivity index (χ1v) is 17.4.